The minimum absolute atomic E-state index is 0.0585. The number of halogens is 3. The minimum atomic E-state index is -4.41. The maximum Gasteiger partial charge on any atom is 0.416 e. The van der Waals surface area contributed by atoms with E-state index in [1.54, 1.807) is 32.9 Å². The highest BCUT2D eigenvalue weighted by molar-refractivity contribution is 5.71. The second-order valence-corrected chi connectivity index (χ2v) is 8.52. The molecule has 5 nitrogen and oxygen atoms in total. The van der Waals surface area contributed by atoms with Crippen molar-refractivity contribution in [3.63, 3.8) is 0 Å². The van der Waals surface area contributed by atoms with Gasteiger partial charge in [0, 0.05) is 24.5 Å². The predicted octanol–water partition coefficient (Wildman–Crippen LogP) is 5.41. The van der Waals surface area contributed by atoms with Crippen molar-refractivity contribution < 1.29 is 22.7 Å². The summed E-state index contributed by atoms with van der Waals surface area (Å²) < 4.78 is 44.1. The third-order valence-corrected chi connectivity index (χ3v) is 4.94. The number of carbonyl (C=O) groups is 1. The molecule has 3 rings (SSSR count). The van der Waals surface area contributed by atoms with Crippen LogP contribution in [-0.2, 0) is 17.3 Å². The molecule has 0 spiro atoms. The molecule has 1 unspecified atom stereocenters. The normalized spacial score (nSPS) is 16.3. The summed E-state index contributed by atoms with van der Waals surface area (Å²) in [6.45, 7) is 6.10. The van der Waals surface area contributed by atoms with Gasteiger partial charge in [-0.05, 0) is 75.1 Å². The molecular formula is C23H24F3N3O2. The minimum Gasteiger partial charge on any atom is -0.444 e. The van der Waals surface area contributed by atoms with Crippen molar-refractivity contribution in [2.45, 2.75) is 39.0 Å². The molecule has 0 fully saturated rings. The van der Waals surface area contributed by atoms with Gasteiger partial charge >= 0.3 is 12.3 Å². The van der Waals surface area contributed by atoms with Crippen LogP contribution in [0.4, 0.5) is 29.3 Å². The molecule has 0 saturated heterocycles. The monoisotopic (exact) mass is 431 g/mol. The Bertz CT molecular complexity index is 989. The number of alkyl carbamates (subject to hydrolysis) is 1. The summed E-state index contributed by atoms with van der Waals surface area (Å²) >= 11 is 0. The molecule has 2 aromatic carbocycles. The molecule has 164 valence electrons. The topological polar surface area (TPSA) is 65.4 Å². The third-order valence-electron chi connectivity index (χ3n) is 4.94. The number of alkyl halides is 3. The van der Waals surface area contributed by atoms with Crippen LogP contribution in [0.3, 0.4) is 0 Å². The molecule has 1 N–H and O–H groups in total. The van der Waals surface area contributed by atoms with Crippen molar-refractivity contribution >= 4 is 17.5 Å². The van der Waals surface area contributed by atoms with Gasteiger partial charge in [0.1, 0.15) is 5.60 Å². The Morgan fingerprint density at radius 2 is 1.87 bits per heavy atom. The number of nitrogens with zero attached hydrogens (tertiary/aromatic N) is 2. The van der Waals surface area contributed by atoms with E-state index < -0.39 is 23.4 Å². The van der Waals surface area contributed by atoms with Crippen LogP contribution in [0.25, 0.3) is 0 Å². The van der Waals surface area contributed by atoms with Crippen molar-refractivity contribution in [2.24, 2.45) is 5.92 Å². The van der Waals surface area contributed by atoms with Crippen LogP contribution in [-0.4, -0.2) is 24.8 Å². The molecule has 0 radical (unpaired) electrons. The van der Waals surface area contributed by atoms with Gasteiger partial charge in [-0.25, -0.2) is 4.79 Å². The number of amides is 1. The van der Waals surface area contributed by atoms with E-state index in [-0.39, 0.29) is 5.92 Å². The first-order valence-corrected chi connectivity index (χ1v) is 9.91. The summed E-state index contributed by atoms with van der Waals surface area (Å²) in [6.07, 6.45) is -4.38. The molecule has 0 saturated carbocycles. The first-order valence-electron chi connectivity index (χ1n) is 9.91. The maximum absolute atomic E-state index is 13.0. The summed E-state index contributed by atoms with van der Waals surface area (Å²) in [6, 6.07) is 12.5. The van der Waals surface area contributed by atoms with Gasteiger partial charge in [-0.3, -0.25) is 0 Å². The van der Waals surface area contributed by atoms with Gasteiger partial charge in [-0.15, -0.1) is 0 Å². The first kappa shape index (κ1) is 22.5. The molecule has 0 aromatic heterocycles. The average Bonchev–Trinajstić information content (AvgIpc) is 2.69. The lowest BCUT2D eigenvalue weighted by atomic mass is 9.89. The molecule has 2 aromatic rings. The van der Waals surface area contributed by atoms with E-state index in [1.807, 2.05) is 11.0 Å². The second-order valence-electron chi connectivity index (χ2n) is 8.52. The van der Waals surface area contributed by atoms with E-state index in [9.17, 15) is 23.2 Å². The molecule has 0 bridgehead atoms. The van der Waals surface area contributed by atoms with E-state index in [4.69, 9.17) is 4.74 Å². The number of fused-ring (bicyclic) bond motifs is 1. The number of hydrogen-bond acceptors (Lipinski definition) is 4. The van der Waals surface area contributed by atoms with E-state index in [0.29, 0.717) is 30.8 Å². The van der Waals surface area contributed by atoms with Gasteiger partial charge in [-0.1, -0.05) is 6.07 Å². The van der Waals surface area contributed by atoms with Crippen molar-refractivity contribution in [1.29, 1.82) is 5.26 Å². The van der Waals surface area contributed by atoms with Gasteiger partial charge in [0.05, 0.1) is 17.2 Å². The zero-order valence-electron chi connectivity index (χ0n) is 17.6. The SMILES string of the molecule is CC(C)(C)OC(=O)NCC1Cc2c(C#N)cccc2N(c2ccc(C(F)(F)F)cc2)C1. The Hall–Kier alpha value is -3.21. The van der Waals surface area contributed by atoms with Gasteiger partial charge in [0.25, 0.3) is 0 Å². The Morgan fingerprint density at radius 3 is 2.45 bits per heavy atom. The van der Waals surface area contributed by atoms with Crippen LogP contribution >= 0.6 is 0 Å². The van der Waals surface area contributed by atoms with E-state index in [2.05, 4.69) is 11.4 Å². The number of nitrogens with one attached hydrogen (secondary N) is 1. The molecule has 8 heteroatoms. The largest absolute Gasteiger partial charge is 0.444 e. The van der Waals surface area contributed by atoms with Crippen molar-refractivity contribution in [3.8, 4) is 6.07 Å². The number of rotatable bonds is 3. The number of carbonyl (C=O) groups excluding carboxylic acids is 1. The van der Waals surface area contributed by atoms with Gasteiger partial charge in [0.2, 0.25) is 0 Å². The fraction of sp³-hybridized carbons (Fsp3) is 0.391. The Morgan fingerprint density at radius 1 is 1.19 bits per heavy atom. The molecule has 1 aliphatic heterocycles. The summed E-state index contributed by atoms with van der Waals surface area (Å²) in [7, 11) is 0. The highest BCUT2D eigenvalue weighted by Gasteiger charge is 2.32. The number of benzene rings is 2. The zero-order valence-corrected chi connectivity index (χ0v) is 17.6. The van der Waals surface area contributed by atoms with E-state index in [0.717, 1.165) is 23.4 Å². The lowest BCUT2D eigenvalue weighted by Crippen LogP contribution is -2.41. The fourth-order valence-corrected chi connectivity index (χ4v) is 3.61. The van der Waals surface area contributed by atoms with Crippen molar-refractivity contribution in [1.82, 2.24) is 5.32 Å². The maximum atomic E-state index is 13.0. The average molecular weight is 431 g/mol. The zero-order chi connectivity index (χ0) is 22.8. The summed E-state index contributed by atoms with van der Waals surface area (Å²) in [4.78, 5) is 13.9. The second kappa shape index (κ2) is 8.50. The third kappa shape index (κ3) is 5.48. The summed E-state index contributed by atoms with van der Waals surface area (Å²) in [5.74, 6) is -0.0585. The molecule has 0 aliphatic carbocycles. The summed E-state index contributed by atoms with van der Waals surface area (Å²) in [5.41, 5.74) is 1.35. The van der Waals surface area contributed by atoms with Gasteiger partial charge in [-0.2, -0.15) is 18.4 Å². The summed E-state index contributed by atoms with van der Waals surface area (Å²) in [5, 5.41) is 12.3. The number of nitriles is 1. The Balaban J connectivity index is 1.87. The highest BCUT2D eigenvalue weighted by Crippen LogP contribution is 2.38. The van der Waals surface area contributed by atoms with Crippen molar-refractivity contribution in [2.75, 3.05) is 18.0 Å². The van der Waals surface area contributed by atoms with Crippen LogP contribution < -0.4 is 10.2 Å². The molecular weight excluding hydrogens is 407 g/mol. The van der Waals surface area contributed by atoms with Crippen LogP contribution in [0.1, 0.15) is 37.5 Å². The van der Waals surface area contributed by atoms with Crippen LogP contribution in [0.2, 0.25) is 0 Å². The van der Waals surface area contributed by atoms with Gasteiger partial charge < -0.3 is 15.0 Å². The smallest absolute Gasteiger partial charge is 0.416 e. The molecule has 1 aliphatic rings. The predicted molar refractivity (Wildman–Crippen MR) is 111 cm³/mol. The molecule has 1 amide bonds. The molecule has 1 atom stereocenters. The van der Waals surface area contributed by atoms with Gasteiger partial charge in [0.15, 0.2) is 0 Å². The van der Waals surface area contributed by atoms with Crippen LogP contribution in [0.5, 0.6) is 0 Å². The number of anilines is 2. The van der Waals surface area contributed by atoms with E-state index >= 15 is 0 Å². The lowest BCUT2D eigenvalue weighted by Gasteiger charge is -2.37. The first-order chi connectivity index (χ1) is 14.5. The Labute approximate surface area is 179 Å². The van der Waals surface area contributed by atoms with E-state index in [1.165, 1.54) is 12.1 Å². The molecule has 31 heavy (non-hydrogen) atoms. The lowest BCUT2D eigenvalue weighted by molar-refractivity contribution is -0.137. The molecule has 1 heterocycles. The quantitative estimate of drug-likeness (QED) is 0.706. The van der Waals surface area contributed by atoms with Crippen LogP contribution in [0.15, 0.2) is 42.5 Å². The number of hydrogen-bond donors (Lipinski definition) is 1. The fourth-order valence-electron chi connectivity index (χ4n) is 3.61. The number of ether oxygens (including phenoxy) is 1. The standard InChI is InChI=1S/C23H24F3N3O2/c1-22(2,3)31-21(30)28-13-15-11-19-16(12-27)5-4-6-20(19)29(14-15)18-9-7-17(8-10-18)23(24,25)26/h4-10,15H,11,13-14H2,1-3H3,(H,28,30). The Kier molecular flexibility index (Phi) is 6.16. The van der Waals surface area contributed by atoms with Crippen LogP contribution in [0, 0.1) is 17.2 Å². The van der Waals surface area contributed by atoms with Crippen molar-refractivity contribution in [3.05, 3.63) is 59.2 Å². The highest BCUT2D eigenvalue weighted by atomic mass is 19.4.